The Balaban J connectivity index is 2.08. The molecule has 2 aromatic carbocycles. The van der Waals surface area contributed by atoms with Crippen LogP contribution in [0.5, 0.6) is 5.75 Å². The highest BCUT2D eigenvalue weighted by molar-refractivity contribution is 7.98. The number of ether oxygens (including phenoxy) is 1. The molecule has 0 saturated carbocycles. The lowest BCUT2D eigenvalue weighted by atomic mass is 10.1. The van der Waals surface area contributed by atoms with Crippen molar-refractivity contribution in [1.29, 1.82) is 0 Å². The van der Waals surface area contributed by atoms with Gasteiger partial charge in [0.15, 0.2) is 0 Å². The van der Waals surface area contributed by atoms with Crippen LogP contribution in [0.1, 0.15) is 16.8 Å². The Morgan fingerprint density at radius 1 is 1.13 bits per heavy atom. The van der Waals surface area contributed by atoms with Crippen LogP contribution in [0.25, 0.3) is 0 Å². The Hall–Kier alpha value is -2.10. The first-order valence-corrected chi connectivity index (χ1v) is 10.7. The Morgan fingerprint density at radius 2 is 1.80 bits per heavy atom. The van der Waals surface area contributed by atoms with Crippen molar-refractivity contribution in [3.8, 4) is 5.75 Å². The van der Waals surface area contributed by atoms with Crippen LogP contribution in [0.4, 0.5) is 18.9 Å². The molecule has 2 aromatic rings. The first-order chi connectivity index (χ1) is 14.1. The van der Waals surface area contributed by atoms with Crippen molar-refractivity contribution in [2.75, 3.05) is 17.3 Å². The second kappa shape index (κ2) is 10.8. The fraction of sp³-hybridized carbons (Fsp3) is 0.263. The van der Waals surface area contributed by atoms with Crippen molar-refractivity contribution in [1.82, 2.24) is 5.32 Å². The molecule has 0 fully saturated rings. The molecular formula is C19H17Cl2F3N2O3S. The third kappa shape index (κ3) is 7.62. The van der Waals surface area contributed by atoms with Crippen LogP contribution in [-0.4, -0.2) is 36.2 Å². The number of carbonyl (C=O) groups excluding carboxylic acids is 2. The molecule has 30 heavy (non-hydrogen) atoms. The highest BCUT2D eigenvalue weighted by Gasteiger charge is 2.31. The van der Waals surface area contributed by atoms with Gasteiger partial charge < -0.3 is 15.4 Å². The lowest BCUT2D eigenvalue weighted by molar-refractivity contribution is -0.274. The van der Waals surface area contributed by atoms with Crippen LogP contribution >= 0.6 is 35.0 Å². The number of rotatable bonds is 8. The number of alkyl halides is 3. The van der Waals surface area contributed by atoms with Crippen LogP contribution in [0.2, 0.25) is 10.0 Å². The van der Waals surface area contributed by atoms with Crippen LogP contribution in [0.15, 0.2) is 42.5 Å². The summed E-state index contributed by atoms with van der Waals surface area (Å²) in [6.07, 6.45) is -2.62. The third-order valence-corrected chi connectivity index (χ3v) is 4.96. The van der Waals surface area contributed by atoms with E-state index in [-0.39, 0.29) is 16.3 Å². The molecule has 2 N–H and O–H groups in total. The molecule has 11 heteroatoms. The molecule has 0 aromatic heterocycles. The third-order valence-electron chi connectivity index (χ3n) is 3.76. The number of hydrogen-bond acceptors (Lipinski definition) is 4. The summed E-state index contributed by atoms with van der Waals surface area (Å²) in [5, 5.41) is 5.70. The predicted molar refractivity (Wildman–Crippen MR) is 112 cm³/mol. The number of halogens is 5. The number of nitrogens with one attached hydrogen (secondary N) is 2. The number of thioether (sulfide) groups is 1. The molecule has 5 nitrogen and oxygen atoms in total. The van der Waals surface area contributed by atoms with E-state index in [2.05, 4.69) is 15.4 Å². The van der Waals surface area contributed by atoms with E-state index in [1.54, 1.807) is 0 Å². The maximum Gasteiger partial charge on any atom is 0.573 e. The van der Waals surface area contributed by atoms with E-state index in [1.165, 1.54) is 42.1 Å². The zero-order valence-electron chi connectivity index (χ0n) is 15.6. The highest BCUT2D eigenvalue weighted by Crippen LogP contribution is 2.24. The Morgan fingerprint density at radius 3 is 2.37 bits per heavy atom. The smallest absolute Gasteiger partial charge is 0.406 e. The molecule has 2 rings (SSSR count). The summed E-state index contributed by atoms with van der Waals surface area (Å²) in [7, 11) is 0. The van der Waals surface area contributed by atoms with Gasteiger partial charge in [-0.1, -0.05) is 23.2 Å². The van der Waals surface area contributed by atoms with Gasteiger partial charge in [-0.05, 0) is 60.9 Å². The fourth-order valence-corrected chi connectivity index (χ4v) is 3.35. The monoisotopic (exact) mass is 480 g/mol. The zero-order chi connectivity index (χ0) is 22.3. The first kappa shape index (κ1) is 24.2. The lowest BCUT2D eigenvalue weighted by Gasteiger charge is -2.19. The zero-order valence-corrected chi connectivity index (χ0v) is 17.9. The van der Waals surface area contributed by atoms with E-state index in [1.807, 2.05) is 6.26 Å². The van der Waals surface area contributed by atoms with Gasteiger partial charge in [0.25, 0.3) is 5.91 Å². The average molecular weight is 481 g/mol. The van der Waals surface area contributed by atoms with Gasteiger partial charge in [-0.3, -0.25) is 9.59 Å². The second-order valence-corrected chi connectivity index (χ2v) is 7.82. The summed E-state index contributed by atoms with van der Waals surface area (Å²) in [5.41, 5.74) is 0.416. The molecule has 162 valence electrons. The van der Waals surface area contributed by atoms with Gasteiger partial charge in [0.2, 0.25) is 5.91 Å². The lowest BCUT2D eigenvalue weighted by Crippen LogP contribution is -2.44. The minimum atomic E-state index is -4.80. The Kier molecular flexibility index (Phi) is 8.69. The van der Waals surface area contributed by atoms with Crippen molar-refractivity contribution in [2.24, 2.45) is 0 Å². The standard InChI is InChI=1S/C19H17Cl2F3N2O3S/c1-30-9-8-16(26-17(27)14-7-2-11(20)10-15(14)21)18(28)25-12-3-5-13(6-4-12)29-19(22,23)24/h2-7,10,16H,8-9H2,1H3,(H,25,28)(H,26,27)/t16-/m0/s1. The molecule has 1 atom stereocenters. The SMILES string of the molecule is CSCC[C@H](NC(=O)c1ccc(Cl)cc1Cl)C(=O)Nc1ccc(OC(F)(F)F)cc1. The minimum absolute atomic E-state index is 0.143. The average Bonchev–Trinajstić information content (AvgIpc) is 2.65. The fourth-order valence-electron chi connectivity index (χ4n) is 2.38. The quantitative estimate of drug-likeness (QED) is 0.531. The summed E-state index contributed by atoms with van der Waals surface area (Å²) in [5.74, 6) is -0.894. The van der Waals surface area contributed by atoms with Gasteiger partial charge in [0, 0.05) is 10.7 Å². The maximum absolute atomic E-state index is 12.6. The van der Waals surface area contributed by atoms with Gasteiger partial charge in [0.05, 0.1) is 10.6 Å². The normalized spacial score (nSPS) is 12.2. The van der Waals surface area contributed by atoms with Gasteiger partial charge in [-0.25, -0.2) is 0 Å². The molecular weight excluding hydrogens is 464 g/mol. The minimum Gasteiger partial charge on any atom is -0.406 e. The van der Waals surface area contributed by atoms with Crippen molar-refractivity contribution in [2.45, 2.75) is 18.8 Å². The summed E-state index contributed by atoms with van der Waals surface area (Å²) >= 11 is 13.4. The molecule has 0 heterocycles. The van der Waals surface area contributed by atoms with Crippen molar-refractivity contribution < 1.29 is 27.5 Å². The number of benzene rings is 2. The number of hydrogen-bond donors (Lipinski definition) is 2. The Bertz CT molecular complexity index is 896. The summed E-state index contributed by atoms with van der Waals surface area (Å²) in [6.45, 7) is 0. The Labute approximate surface area is 185 Å². The molecule has 0 aliphatic rings. The highest BCUT2D eigenvalue weighted by atomic mass is 35.5. The molecule has 0 spiro atoms. The van der Waals surface area contributed by atoms with Gasteiger partial charge >= 0.3 is 6.36 Å². The van der Waals surface area contributed by atoms with Crippen molar-refractivity contribution in [3.05, 3.63) is 58.1 Å². The first-order valence-electron chi connectivity index (χ1n) is 8.50. The maximum atomic E-state index is 12.6. The van der Waals surface area contributed by atoms with Gasteiger partial charge in [0.1, 0.15) is 11.8 Å². The number of anilines is 1. The largest absolute Gasteiger partial charge is 0.573 e. The summed E-state index contributed by atoms with van der Waals surface area (Å²) in [6, 6.07) is 8.16. The molecule has 0 aliphatic heterocycles. The second-order valence-electron chi connectivity index (χ2n) is 5.99. The van der Waals surface area contributed by atoms with Crippen molar-refractivity contribution >= 4 is 52.5 Å². The van der Waals surface area contributed by atoms with Crippen LogP contribution in [0.3, 0.4) is 0 Å². The van der Waals surface area contributed by atoms with E-state index in [4.69, 9.17) is 23.2 Å². The van der Waals surface area contributed by atoms with Crippen LogP contribution in [-0.2, 0) is 4.79 Å². The van der Waals surface area contributed by atoms with Crippen LogP contribution < -0.4 is 15.4 Å². The molecule has 0 unspecified atom stereocenters. The predicted octanol–water partition coefficient (Wildman–Crippen LogP) is 5.38. The molecule has 0 aliphatic carbocycles. The molecule has 0 bridgehead atoms. The summed E-state index contributed by atoms with van der Waals surface area (Å²) < 4.78 is 40.5. The van der Waals surface area contributed by atoms with Gasteiger partial charge in [-0.2, -0.15) is 11.8 Å². The van der Waals surface area contributed by atoms with E-state index < -0.39 is 30.0 Å². The number of amides is 2. The van der Waals surface area contributed by atoms with E-state index in [0.29, 0.717) is 17.2 Å². The van der Waals surface area contributed by atoms with E-state index in [9.17, 15) is 22.8 Å². The molecule has 0 saturated heterocycles. The molecule has 2 amide bonds. The van der Waals surface area contributed by atoms with Gasteiger partial charge in [-0.15, -0.1) is 13.2 Å². The number of carbonyl (C=O) groups is 2. The van der Waals surface area contributed by atoms with Crippen molar-refractivity contribution in [3.63, 3.8) is 0 Å². The topological polar surface area (TPSA) is 67.4 Å². The molecule has 0 radical (unpaired) electrons. The van der Waals surface area contributed by atoms with E-state index >= 15 is 0 Å². The van der Waals surface area contributed by atoms with E-state index in [0.717, 1.165) is 12.1 Å². The van der Waals surface area contributed by atoms with Crippen LogP contribution in [0, 0.1) is 0 Å². The summed E-state index contributed by atoms with van der Waals surface area (Å²) in [4.78, 5) is 25.2.